The maximum atomic E-state index is 13.2. The summed E-state index contributed by atoms with van der Waals surface area (Å²) in [5.41, 5.74) is 5.04. The average Bonchev–Trinajstić information content (AvgIpc) is 2.86. The van der Waals surface area contributed by atoms with Gasteiger partial charge in [0.15, 0.2) is 0 Å². The summed E-state index contributed by atoms with van der Waals surface area (Å²) in [5.74, 6) is -0.454. The molecule has 0 saturated carbocycles. The van der Waals surface area contributed by atoms with E-state index in [4.69, 9.17) is 4.99 Å². The van der Waals surface area contributed by atoms with Crippen LogP contribution in [0.25, 0.3) is 0 Å². The van der Waals surface area contributed by atoms with Crippen molar-refractivity contribution in [3.63, 3.8) is 0 Å². The number of hydrogen-bond acceptors (Lipinski definition) is 3. The second kappa shape index (κ2) is 8.33. The van der Waals surface area contributed by atoms with E-state index in [0.29, 0.717) is 11.4 Å². The van der Waals surface area contributed by atoms with Crippen molar-refractivity contribution in [1.82, 2.24) is 0 Å². The maximum absolute atomic E-state index is 13.2. The molecule has 5 heteroatoms. The van der Waals surface area contributed by atoms with Crippen LogP contribution in [0.3, 0.4) is 0 Å². The summed E-state index contributed by atoms with van der Waals surface area (Å²) >= 11 is 0. The number of aliphatic imine (C=N–C) groups is 1. The second-order valence-electron chi connectivity index (χ2n) is 7.38. The summed E-state index contributed by atoms with van der Waals surface area (Å²) in [5, 5.41) is 2.88. The summed E-state index contributed by atoms with van der Waals surface area (Å²) < 4.78 is 0. The average molecular weight is 397 g/mol. The topological polar surface area (TPSA) is 61.8 Å². The first-order valence-corrected chi connectivity index (χ1v) is 9.93. The molecule has 4 rings (SSSR count). The van der Waals surface area contributed by atoms with E-state index < -0.39 is 6.04 Å². The molecule has 1 aliphatic heterocycles. The van der Waals surface area contributed by atoms with Crippen LogP contribution in [0.1, 0.15) is 23.6 Å². The third kappa shape index (κ3) is 4.01. The first-order valence-electron chi connectivity index (χ1n) is 9.93. The Labute approximate surface area is 176 Å². The zero-order valence-corrected chi connectivity index (χ0v) is 17.0. The highest BCUT2D eigenvalue weighted by atomic mass is 16.2. The second-order valence-corrected chi connectivity index (χ2v) is 7.38. The minimum Gasteiger partial charge on any atom is -0.325 e. The zero-order valence-electron chi connectivity index (χ0n) is 17.0. The quantitative estimate of drug-likeness (QED) is 0.717. The molecule has 150 valence electrons. The number of para-hydroxylation sites is 1. The third-order valence-corrected chi connectivity index (χ3v) is 5.08. The van der Waals surface area contributed by atoms with Crippen molar-refractivity contribution in [1.29, 1.82) is 0 Å². The van der Waals surface area contributed by atoms with Crippen molar-refractivity contribution in [2.45, 2.75) is 19.9 Å². The van der Waals surface area contributed by atoms with Gasteiger partial charge in [-0.3, -0.25) is 14.6 Å². The minimum atomic E-state index is -0.597. The molecule has 0 aliphatic carbocycles. The van der Waals surface area contributed by atoms with Crippen LogP contribution in [0.15, 0.2) is 83.9 Å². The number of nitrogens with one attached hydrogen (secondary N) is 1. The SMILES string of the molecule is Cc1ccc(NC(=O)CN2C(=O)C(C)N=C(c3ccccc3)c3ccccc32)cc1. The molecule has 2 amide bonds. The van der Waals surface area contributed by atoms with E-state index in [2.05, 4.69) is 5.32 Å². The number of carbonyl (C=O) groups is 2. The van der Waals surface area contributed by atoms with Crippen molar-refractivity contribution in [2.75, 3.05) is 16.8 Å². The lowest BCUT2D eigenvalue weighted by molar-refractivity contribution is -0.122. The fourth-order valence-electron chi connectivity index (χ4n) is 3.54. The maximum Gasteiger partial charge on any atom is 0.252 e. The highest BCUT2D eigenvalue weighted by Crippen LogP contribution is 2.28. The largest absolute Gasteiger partial charge is 0.325 e. The van der Waals surface area contributed by atoms with Crippen LogP contribution in [0, 0.1) is 6.92 Å². The molecule has 0 aromatic heterocycles. The normalized spacial score (nSPS) is 15.8. The van der Waals surface area contributed by atoms with E-state index in [-0.39, 0.29) is 18.4 Å². The van der Waals surface area contributed by atoms with Gasteiger partial charge < -0.3 is 10.2 Å². The van der Waals surface area contributed by atoms with Crippen LogP contribution in [0.4, 0.5) is 11.4 Å². The Balaban J connectivity index is 1.67. The number of amides is 2. The van der Waals surface area contributed by atoms with Crippen molar-refractivity contribution in [3.05, 3.63) is 95.6 Å². The van der Waals surface area contributed by atoms with Gasteiger partial charge >= 0.3 is 0 Å². The molecule has 0 radical (unpaired) electrons. The molecule has 5 nitrogen and oxygen atoms in total. The fraction of sp³-hybridized carbons (Fsp3) is 0.160. The van der Waals surface area contributed by atoms with E-state index in [1.165, 1.54) is 4.90 Å². The van der Waals surface area contributed by atoms with Crippen molar-refractivity contribution in [2.24, 2.45) is 4.99 Å². The predicted octanol–water partition coefficient (Wildman–Crippen LogP) is 4.21. The monoisotopic (exact) mass is 397 g/mol. The molecule has 1 heterocycles. The molecule has 0 fully saturated rings. The summed E-state index contributed by atoms with van der Waals surface area (Å²) in [6, 6.07) is 24.4. The van der Waals surface area contributed by atoms with Gasteiger partial charge in [0.05, 0.1) is 11.4 Å². The number of benzene rings is 3. The molecule has 0 bridgehead atoms. The van der Waals surface area contributed by atoms with Crippen LogP contribution in [-0.4, -0.2) is 30.1 Å². The Kier molecular flexibility index (Phi) is 5.44. The molecule has 0 saturated heterocycles. The molecular formula is C25H23N3O2. The van der Waals surface area contributed by atoms with Crippen LogP contribution < -0.4 is 10.2 Å². The number of hydrogen-bond donors (Lipinski definition) is 1. The first kappa shape index (κ1) is 19.6. The summed E-state index contributed by atoms with van der Waals surface area (Å²) in [4.78, 5) is 32.1. The number of carbonyl (C=O) groups excluding carboxylic acids is 2. The van der Waals surface area contributed by atoms with Crippen LogP contribution in [0.2, 0.25) is 0 Å². The fourth-order valence-corrected chi connectivity index (χ4v) is 3.54. The Morgan fingerprint density at radius 3 is 2.37 bits per heavy atom. The van der Waals surface area contributed by atoms with Crippen molar-refractivity contribution >= 4 is 28.9 Å². The van der Waals surface area contributed by atoms with E-state index in [1.54, 1.807) is 6.92 Å². The highest BCUT2D eigenvalue weighted by Gasteiger charge is 2.30. The number of benzodiazepines with no additional fused rings is 1. The third-order valence-electron chi connectivity index (χ3n) is 5.08. The highest BCUT2D eigenvalue weighted by molar-refractivity contribution is 6.20. The number of rotatable bonds is 4. The first-order chi connectivity index (χ1) is 14.5. The minimum absolute atomic E-state index is 0.0777. The standard InChI is InChI=1S/C25H23N3O2/c1-17-12-14-20(15-13-17)27-23(29)16-28-22-11-7-6-10-21(22)24(26-18(2)25(28)30)19-8-4-3-5-9-19/h3-15,18H,16H2,1-2H3,(H,27,29). The molecule has 30 heavy (non-hydrogen) atoms. The Bertz CT molecular complexity index is 1100. The Hall–Kier alpha value is -3.73. The van der Waals surface area contributed by atoms with Gasteiger partial charge in [-0.15, -0.1) is 0 Å². The summed E-state index contributed by atoms with van der Waals surface area (Å²) in [7, 11) is 0. The smallest absolute Gasteiger partial charge is 0.252 e. The molecule has 3 aromatic rings. The number of fused-ring (bicyclic) bond motifs is 1. The number of aryl methyl sites for hydroxylation is 1. The van der Waals surface area contributed by atoms with E-state index in [1.807, 2.05) is 85.8 Å². The van der Waals surface area contributed by atoms with Gasteiger partial charge in [-0.05, 0) is 32.0 Å². The van der Waals surface area contributed by atoms with E-state index in [9.17, 15) is 9.59 Å². The summed E-state index contributed by atoms with van der Waals surface area (Å²) in [6.07, 6.45) is 0. The number of nitrogens with zero attached hydrogens (tertiary/aromatic N) is 2. The van der Waals surface area contributed by atoms with Crippen LogP contribution in [0.5, 0.6) is 0 Å². The lowest BCUT2D eigenvalue weighted by Gasteiger charge is -2.24. The van der Waals surface area contributed by atoms with Crippen molar-refractivity contribution in [3.8, 4) is 0 Å². The van der Waals surface area contributed by atoms with Gasteiger partial charge in [0.2, 0.25) is 5.91 Å². The van der Waals surface area contributed by atoms with E-state index >= 15 is 0 Å². The summed E-state index contributed by atoms with van der Waals surface area (Å²) in [6.45, 7) is 3.68. The predicted molar refractivity (Wildman–Crippen MR) is 120 cm³/mol. The Morgan fingerprint density at radius 2 is 1.63 bits per heavy atom. The van der Waals surface area contributed by atoms with Gasteiger partial charge in [-0.25, -0.2) is 0 Å². The molecule has 1 unspecified atom stereocenters. The van der Waals surface area contributed by atoms with E-state index in [0.717, 1.165) is 22.4 Å². The zero-order chi connectivity index (χ0) is 21.1. The van der Waals surface area contributed by atoms with Gasteiger partial charge in [0, 0.05) is 16.8 Å². The van der Waals surface area contributed by atoms with Gasteiger partial charge in [0.1, 0.15) is 12.6 Å². The van der Waals surface area contributed by atoms with Gasteiger partial charge in [0.25, 0.3) is 5.91 Å². The molecule has 3 aromatic carbocycles. The molecule has 0 spiro atoms. The molecule has 1 aliphatic rings. The van der Waals surface area contributed by atoms with Crippen molar-refractivity contribution < 1.29 is 9.59 Å². The van der Waals surface area contributed by atoms with Crippen LogP contribution >= 0.6 is 0 Å². The molecule has 1 atom stereocenters. The molecular weight excluding hydrogens is 374 g/mol. The lowest BCUT2D eigenvalue weighted by Crippen LogP contribution is -2.42. The van der Waals surface area contributed by atoms with Gasteiger partial charge in [-0.2, -0.15) is 0 Å². The van der Waals surface area contributed by atoms with Crippen LogP contribution in [-0.2, 0) is 9.59 Å². The lowest BCUT2D eigenvalue weighted by atomic mass is 10.0. The van der Waals surface area contributed by atoms with Gasteiger partial charge in [-0.1, -0.05) is 66.2 Å². The molecule has 1 N–H and O–H groups in total. The Morgan fingerprint density at radius 1 is 0.967 bits per heavy atom. The number of anilines is 2.